The zero-order valence-corrected chi connectivity index (χ0v) is 12.2. The number of hydrogen-bond acceptors (Lipinski definition) is 5. The van der Waals surface area contributed by atoms with Gasteiger partial charge in [0.25, 0.3) is 0 Å². The average molecular weight is 309 g/mol. The average Bonchev–Trinajstić information content (AvgIpc) is 2.37. The van der Waals surface area contributed by atoms with E-state index < -0.39 is 28.3 Å². The molecule has 1 aliphatic carbocycles. The van der Waals surface area contributed by atoms with Crippen LogP contribution in [-0.4, -0.2) is 32.8 Å². The first-order chi connectivity index (χ1) is 9.72. The molecule has 1 atom stereocenters. The molecular weight excluding hydrogens is 296 g/mol. The number of hydrogen-bond donors (Lipinski definition) is 2. The molecule has 1 unspecified atom stereocenters. The van der Waals surface area contributed by atoms with Gasteiger partial charge in [-0.25, -0.2) is 0 Å². The van der Waals surface area contributed by atoms with E-state index in [1.54, 1.807) is 13.8 Å². The van der Waals surface area contributed by atoms with Crippen molar-refractivity contribution in [3.63, 3.8) is 0 Å². The first-order valence-corrected chi connectivity index (χ1v) is 6.87. The van der Waals surface area contributed by atoms with Gasteiger partial charge in [-0.05, 0) is 19.9 Å². The third kappa shape index (κ3) is 1.92. The molecule has 21 heavy (non-hydrogen) atoms. The van der Waals surface area contributed by atoms with E-state index in [2.05, 4.69) is 0 Å². The molecule has 2 N–H and O–H groups in total. The van der Waals surface area contributed by atoms with Crippen LogP contribution in [0.5, 0.6) is 11.5 Å². The number of allylic oxidation sites excluding steroid dienone is 2. The van der Waals surface area contributed by atoms with Crippen molar-refractivity contribution in [2.75, 3.05) is 0 Å². The van der Waals surface area contributed by atoms with Gasteiger partial charge in [-0.1, -0.05) is 0 Å². The van der Waals surface area contributed by atoms with Gasteiger partial charge in [0.05, 0.1) is 10.9 Å². The van der Waals surface area contributed by atoms with E-state index in [1.165, 1.54) is 0 Å². The van der Waals surface area contributed by atoms with E-state index >= 15 is 0 Å². The Labute approximate surface area is 125 Å². The molecule has 0 aromatic heterocycles. The van der Waals surface area contributed by atoms with Crippen LogP contribution in [0.1, 0.15) is 41.0 Å². The molecule has 0 saturated carbocycles. The van der Waals surface area contributed by atoms with Gasteiger partial charge in [0.1, 0.15) is 17.1 Å². The van der Waals surface area contributed by atoms with Crippen molar-refractivity contribution in [3.8, 4) is 11.5 Å². The van der Waals surface area contributed by atoms with Gasteiger partial charge in [-0.2, -0.15) is 0 Å². The van der Waals surface area contributed by atoms with Gasteiger partial charge in [0.15, 0.2) is 11.5 Å². The first kappa shape index (κ1) is 13.9. The number of phenols is 2. The standard InChI is InChI=1S/C15H13ClO5/c1-15(2)10(16)5-8-12(19)11-7(13(20)14(8)21-15)3-6(17)4-9(11)18/h3-4,10,17-18H,5H2,1-2H3. The number of alkyl halides is 1. The van der Waals surface area contributed by atoms with Gasteiger partial charge < -0.3 is 14.9 Å². The molecular formula is C15H13ClO5. The van der Waals surface area contributed by atoms with Gasteiger partial charge in [0.2, 0.25) is 5.78 Å². The highest BCUT2D eigenvalue weighted by Crippen LogP contribution is 2.43. The minimum absolute atomic E-state index is 0.0422. The molecule has 5 nitrogen and oxygen atoms in total. The summed E-state index contributed by atoms with van der Waals surface area (Å²) in [5.41, 5.74) is -0.774. The fraction of sp³-hybridized carbons (Fsp3) is 0.333. The van der Waals surface area contributed by atoms with Crippen LogP contribution in [0.15, 0.2) is 23.5 Å². The minimum Gasteiger partial charge on any atom is -0.508 e. The lowest BCUT2D eigenvalue weighted by atomic mass is 9.81. The lowest BCUT2D eigenvalue weighted by Crippen LogP contribution is -2.43. The fourth-order valence-corrected chi connectivity index (χ4v) is 2.79. The smallest absolute Gasteiger partial charge is 0.229 e. The summed E-state index contributed by atoms with van der Waals surface area (Å²) in [5.74, 6) is -1.77. The van der Waals surface area contributed by atoms with Crippen LogP contribution in [0, 0.1) is 0 Å². The summed E-state index contributed by atoms with van der Waals surface area (Å²) in [7, 11) is 0. The summed E-state index contributed by atoms with van der Waals surface area (Å²) in [6.07, 6.45) is 0.189. The molecule has 1 heterocycles. The molecule has 0 fully saturated rings. The van der Waals surface area contributed by atoms with Crippen LogP contribution in [0.25, 0.3) is 0 Å². The van der Waals surface area contributed by atoms with Crippen LogP contribution in [0.2, 0.25) is 0 Å². The number of ether oxygens (including phenoxy) is 1. The highest BCUT2D eigenvalue weighted by molar-refractivity contribution is 6.29. The molecule has 1 aliphatic heterocycles. The summed E-state index contributed by atoms with van der Waals surface area (Å²) >= 11 is 6.21. The molecule has 0 saturated heterocycles. The van der Waals surface area contributed by atoms with Gasteiger partial charge in [-0.15, -0.1) is 11.6 Å². The van der Waals surface area contributed by atoms with Gasteiger partial charge in [-0.3, -0.25) is 9.59 Å². The van der Waals surface area contributed by atoms with Crippen LogP contribution in [0.4, 0.5) is 0 Å². The molecule has 1 aromatic rings. The number of rotatable bonds is 0. The normalized spacial score (nSPS) is 23.5. The van der Waals surface area contributed by atoms with E-state index in [9.17, 15) is 19.8 Å². The summed E-state index contributed by atoms with van der Waals surface area (Å²) in [6.45, 7) is 3.48. The lowest BCUT2D eigenvalue weighted by molar-refractivity contribution is 0.0133. The summed E-state index contributed by atoms with van der Waals surface area (Å²) < 4.78 is 5.62. The number of carbonyl (C=O) groups is 2. The Kier molecular flexibility index (Phi) is 2.82. The maximum Gasteiger partial charge on any atom is 0.229 e. The van der Waals surface area contributed by atoms with Crippen LogP contribution >= 0.6 is 11.6 Å². The van der Waals surface area contributed by atoms with Crippen molar-refractivity contribution < 1.29 is 24.5 Å². The number of ketones is 2. The number of aromatic hydroxyl groups is 2. The third-order valence-corrected chi connectivity index (χ3v) is 4.51. The molecule has 0 bridgehead atoms. The SMILES string of the molecule is CC1(C)OC2=C(CC1Cl)C(=O)c1c(O)cc(O)cc1C2=O. The van der Waals surface area contributed by atoms with E-state index in [0.29, 0.717) is 0 Å². The number of halogens is 1. The lowest BCUT2D eigenvalue weighted by Gasteiger charge is -2.38. The Morgan fingerprint density at radius 1 is 1.24 bits per heavy atom. The van der Waals surface area contributed by atoms with Crippen molar-refractivity contribution in [1.82, 2.24) is 0 Å². The number of benzene rings is 1. The second kappa shape index (κ2) is 4.24. The van der Waals surface area contributed by atoms with Crippen molar-refractivity contribution in [2.45, 2.75) is 31.2 Å². The zero-order valence-electron chi connectivity index (χ0n) is 11.4. The second-order valence-corrected chi connectivity index (χ2v) is 6.26. The first-order valence-electron chi connectivity index (χ1n) is 6.44. The van der Waals surface area contributed by atoms with Crippen LogP contribution in [0.3, 0.4) is 0 Å². The van der Waals surface area contributed by atoms with Crippen molar-refractivity contribution in [2.24, 2.45) is 0 Å². The van der Waals surface area contributed by atoms with Gasteiger partial charge in [0, 0.05) is 23.6 Å². The highest BCUT2D eigenvalue weighted by Gasteiger charge is 2.45. The Morgan fingerprint density at radius 2 is 1.90 bits per heavy atom. The maximum atomic E-state index is 12.5. The summed E-state index contributed by atoms with van der Waals surface area (Å²) in [6, 6.07) is 2.18. The summed E-state index contributed by atoms with van der Waals surface area (Å²) in [5, 5.41) is 18.9. The third-order valence-electron chi connectivity index (χ3n) is 3.83. The maximum absolute atomic E-state index is 12.5. The summed E-state index contributed by atoms with van der Waals surface area (Å²) in [4.78, 5) is 25.0. The van der Waals surface area contributed by atoms with E-state index in [0.717, 1.165) is 12.1 Å². The zero-order chi connectivity index (χ0) is 15.5. The molecule has 3 rings (SSSR count). The van der Waals surface area contributed by atoms with Crippen molar-refractivity contribution in [3.05, 3.63) is 34.6 Å². The van der Waals surface area contributed by atoms with E-state index in [4.69, 9.17) is 16.3 Å². The van der Waals surface area contributed by atoms with Crippen molar-refractivity contribution in [1.29, 1.82) is 0 Å². The number of carbonyl (C=O) groups excluding carboxylic acids is 2. The molecule has 6 heteroatoms. The van der Waals surface area contributed by atoms with Gasteiger partial charge >= 0.3 is 0 Å². The quantitative estimate of drug-likeness (QED) is 0.720. The highest BCUT2D eigenvalue weighted by atomic mass is 35.5. The van der Waals surface area contributed by atoms with E-state index in [-0.39, 0.29) is 34.6 Å². The molecule has 110 valence electrons. The molecule has 2 aliphatic rings. The Morgan fingerprint density at radius 3 is 2.57 bits per heavy atom. The minimum atomic E-state index is -0.785. The largest absolute Gasteiger partial charge is 0.508 e. The fourth-order valence-electron chi connectivity index (χ4n) is 2.59. The molecule has 0 radical (unpaired) electrons. The Bertz CT molecular complexity index is 717. The second-order valence-electron chi connectivity index (χ2n) is 5.73. The van der Waals surface area contributed by atoms with Crippen LogP contribution in [-0.2, 0) is 4.74 Å². The predicted molar refractivity (Wildman–Crippen MR) is 74.9 cm³/mol. The van der Waals surface area contributed by atoms with Crippen molar-refractivity contribution >= 4 is 23.2 Å². The predicted octanol–water partition coefficient (Wildman–Crippen LogP) is 2.54. The molecule has 0 amide bonds. The molecule has 1 aromatic carbocycles. The molecule has 0 spiro atoms. The number of fused-ring (bicyclic) bond motifs is 1. The Balaban J connectivity index is 2.21. The topological polar surface area (TPSA) is 83.8 Å². The Hall–Kier alpha value is -2.01. The monoisotopic (exact) mass is 308 g/mol. The van der Waals surface area contributed by atoms with Crippen LogP contribution < -0.4 is 0 Å². The number of phenolic OH excluding ortho intramolecular Hbond substituents is 2. The van der Waals surface area contributed by atoms with E-state index in [1.807, 2.05) is 0 Å². The number of Topliss-reactive ketones (excluding diaryl/α,β-unsaturated/α-hetero) is 2.